The van der Waals surface area contributed by atoms with Crippen molar-refractivity contribution in [3.63, 3.8) is 0 Å². The van der Waals surface area contributed by atoms with Crippen molar-refractivity contribution in [2.75, 3.05) is 4.90 Å². The Balaban J connectivity index is 1.70. The Bertz CT molecular complexity index is 1340. The lowest BCUT2D eigenvalue weighted by molar-refractivity contribution is -0.119. The van der Waals surface area contributed by atoms with E-state index in [0.717, 1.165) is 16.9 Å². The summed E-state index contributed by atoms with van der Waals surface area (Å²) >= 11 is 0. The van der Waals surface area contributed by atoms with Crippen molar-refractivity contribution >= 4 is 22.5 Å². The Kier molecular flexibility index (Phi) is 4.66. The van der Waals surface area contributed by atoms with Gasteiger partial charge in [0.25, 0.3) is 5.56 Å². The van der Waals surface area contributed by atoms with Gasteiger partial charge in [-0.1, -0.05) is 48.5 Å². The van der Waals surface area contributed by atoms with Crippen LogP contribution in [-0.4, -0.2) is 21.5 Å². The molecule has 5 heteroatoms. The van der Waals surface area contributed by atoms with Crippen LogP contribution in [0, 0.1) is 0 Å². The summed E-state index contributed by atoms with van der Waals surface area (Å²) in [4.78, 5) is 33.6. The fraction of sp³-hybridized carbons (Fsp3) is 0.192. The minimum atomic E-state index is -0.373. The fourth-order valence-corrected chi connectivity index (χ4v) is 4.49. The molecule has 1 aliphatic rings. The largest absolute Gasteiger partial charge is 0.309 e. The van der Waals surface area contributed by atoms with Crippen molar-refractivity contribution in [2.24, 2.45) is 0 Å². The topological polar surface area (TPSA) is 55.2 Å². The average Bonchev–Trinajstić information content (AvgIpc) is 3.06. The van der Waals surface area contributed by atoms with Crippen molar-refractivity contribution in [1.29, 1.82) is 0 Å². The van der Waals surface area contributed by atoms with Gasteiger partial charge < -0.3 is 4.90 Å². The standard InChI is InChI=1S/C26H23N3O2/c1-17(2)28-23-15-9-7-12-19(23)21(26(28)31)16-24-27-22-14-8-6-13-20(22)25(30)29(24)18-10-4-3-5-11-18/h3-15,17,21H,16H2,1-2H3/t21-/m0/s1. The lowest BCUT2D eigenvalue weighted by atomic mass is 9.96. The molecule has 0 spiro atoms. The number of anilines is 1. The highest BCUT2D eigenvalue weighted by Gasteiger charge is 2.39. The van der Waals surface area contributed by atoms with Crippen molar-refractivity contribution in [3.8, 4) is 5.69 Å². The zero-order valence-electron chi connectivity index (χ0n) is 17.5. The number of hydrogen-bond acceptors (Lipinski definition) is 3. The van der Waals surface area contributed by atoms with Crippen LogP contribution in [0.2, 0.25) is 0 Å². The number of rotatable bonds is 4. The van der Waals surface area contributed by atoms with Gasteiger partial charge in [-0.2, -0.15) is 0 Å². The molecule has 0 aliphatic carbocycles. The number of benzene rings is 3. The number of aromatic nitrogens is 2. The van der Waals surface area contributed by atoms with Gasteiger partial charge in [-0.05, 0) is 49.7 Å². The maximum atomic E-state index is 13.5. The lowest BCUT2D eigenvalue weighted by Crippen LogP contribution is -2.36. The summed E-state index contributed by atoms with van der Waals surface area (Å²) in [7, 11) is 0. The van der Waals surface area contributed by atoms with Crippen LogP contribution in [0.5, 0.6) is 0 Å². The van der Waals surface area contributed by atoms with E-state index >= 15 is 0 Å². The Labute approximate surface area is 180 Å². The van der Waals surface area contributed by atoms with E-state index in [-0.39, 0.29) is 23.4 Å². The number of fused-ring (bicyclic) bond motifs is 2. The van der Waals surface area contributed by atoms with Gasteiger partial charge in [0.15, 0.2) is 0 Å². The van der Waals surface area contributed by atoms with E-state index < -0.39 is 0 Å². The van der Waals surface area contributed by atoms with E-state index in [1.54, 1.807) is 10.6 Å². The lowest BCUT2D eigenvalue weighted by Gasteiger charge is -2.22. The molecule has 0 N–H and O–H groups in total. The van der Waals surface area contributed by atoms with E-state index in [9.17, 15) is 9.59 Å². The van der Waals surface area contributed by atoms with Gasteiger partial charge in [0.05, 0.1) is 22.5 Å². The molecule has 1 aromatic heterocycles. The molecule has 0 unspecified atom stereocenters. The summed E-state index contributed by atoms with van der Waals surface area (Å²) in [5.41, 5.74) is 3.21. The van der Waals surface area contributed by atoms with Gasteiger partial charge in [0.2, 0.25) is 5.91 Å². The molecule has 0 saturated heterocycles. The number of amides is 1. The monoisotopic (exact) mass is 409 g/mol. The molecule has 0 radical (unpaired) electrons. The highest BCUT2D eigenvalue weighted by Crippen LogP contribution is 2.40. The molecule has 1 aliphatic heterocycles. The first-order valence-corrected chi connectivity index (χ1v) is 10.5. The minimum Gasteiger partial charge on any atom is -0.309 e. The molecule has 3 aromatic carbocycles. The second-order valence-electron chi connectivity index (χ2n) is 8.14. The molecule has 1 atom stereocenters. The molecule has 5 rings (SSSR count). The van der Waals surface area contributed by atoms with Crippen LogP contribution < -0.4 is 10.5 Å². The Morgan fingerprint density at radius 1 is 0.871 bits per heavy atom. The van der Waals surface area contributed by atoms with E-state index in [2.05, 4.69) is 0 Å². The summed E-state index contributed by atoms with van der Waals surface area (Å²) in [5, 5.41) is 0.567. The van der Waals surface area contributed by atoms with Crippen molar-refractivity contribution in [1.82, 2.24) is 9.55 Å². The Morgan fingerprint density at radius 3 is 2.32 bits per heavy atom. The second kappa shape index (κ2) is 7.51. The number of para-hydroxylation sites is 3. The number of carbonyl (C=O) groups is 1. The summed E-state index contributed by atoms with van der Waals surface area (Å²) in [6, 6.07) is 24.8. The van der Waals surface area contributed by atoms with Crippen LogP contribution in [0.15, 0.2) is 83.7 Å². The van der Waals surface area contributed by atoms with Gasteiger partial charge >= 0.3 is 0 Å². The number of hydrogen-bond donors (Lipinski definition) is 0. The Morgan fingerprint density at radius 2 is 1.55 bits per heavy atom. The summed E-state index contributed by atoms with van der Waals surface area (Å²) in [5.74, 6) is 0.272. The van der Waals surface area contributed by atoms with E-state index in [1.165, 1.54) is 0 Å². The van der Waals surface area contributed by atoms with Crippen LogP contribution >= 0.6 is 0 Å². The molecular weight excluding hydrogens is 386 g/mol. The van der Waals surface area contributed by atoms with Crippen molar-refractivity contribution < 1.29 is 4.79 Å². The number of carbonyl (C=O) groups excluding carboxylic acids is 1. The van der Waals surface area contributed by atoms with Crippen LogP contribution in [0.1, 0.15) is 31.2 Å². The maximum absolute atomic E-state index is 13.5. The van der Waals surface area contributed by atoms with Crippen LogP contribution in [0.3, 0.4) is 0 Å². The predicted octanol–water partition coefficient (Wildman–Crippen LogP) is 4.47. The van der Waals surface area contributed by atoms with Crippen molar-refractivity contribution in [2.45, 2.75) is 32.2 Å². The zero-order valence-corrected chi connectivity index (χ0v) is 17.5. The third-order valence-electron chi connectivity index (χ3n) is 5.87. The van der Waals surface area contributed by atoms with Crippen molar-refractivity contribution in [3.05, 3.63) is 101 Å². The van der Waals surface area contributed by atoms with Crippen LogP contribution in [0.25, 0.3) is 16.6 Å². The van der Waals surface area contributed by atoms with Gasteiger partial charge in [0, 0.05) is 18.2 Å². The normalized spacial score (nSPS) is 15.6. The Hall–Kier alpha value is -3.73. The minimum absolute atomic E-state index is 0.0539. The summed E-state index contributed by atoms with van der Waals surface area (Å²) < 4.78 is 1.65. The van der Waals surface area contributed by atoms with Crippen LogP contribution in [0.4, 0.5) is 5.69 Å². The number of nitrogens with zero attached hydrogens (tertiary/aromatic N) is 3. The highest BCUT2D eigenvalue weighted by atomic mass is 16.2. The molecular formula is C26H23N3O2. The predicted molar refractivity (Wildman–Crippen MR) is 123 cm³/mol. The molecule has 4 aromatic rings. The molecule has 5 nitrogen and oxygen atoms in total. The molecule has 2 heterocycles. The smallest absolute Gasteiger partial charge is 0.265 e. The third-order valence-corrected chi connectivity index (χ3v) is 5.87. The maximum Gasteiger partial charge on any atom is 0.265 e. The average molecular weight is 409 g/mol. The molecule has 31 heavy (non-hydrogen) atoms. The SMILES string of the molecule is CC(C)N1C(=O)[C@@H](Cc2nc3ccccc3c(=O)n2-c2ccccc2)c2ccccc21. The first kappa shape index (κ1) is 19.2. The molecule has 0 fully saturated rings. The summed E-state index contributed by atoms with van der Waals surface area (Å²) in [6.07, 6.45) is 0.355. The van der Waals surface area contributed by atoms with Gasteiger partial charge in [-0.25, -0.2) is 4.98 Å². The van der Waals surface area contributed by atoms with Gasteiger partial charge in [-0.3, -0.25) is 14.2 Å². The first-order chi connectivity index (χ1) is 15.1. The van der Waals surface area contributed by atoms with Crippen LogP contribution in [-0.2, 0) is 11.2 Å². The molecule has 0 bridgehead atoms. The van der Waals surface area contributed by atoms with E-state index in [4.69, 9.17) is 4.98 Å². The fourth-order valence-electron chi connectivity index (χ4n) is 4.49. The zero-order chi connectivity index (χ0) is 21.5. The van der Waals surface area contributed by atoms with Gasteiger partial charge in [0.1, 0.15) is 5.82 Å². The quantitative estimate of drug-likeness (QED) is 0.500. The highest BCUT2D eigenvalue weighted by molar-refractivity contribution is 6.05. The summed E-state index contributed by atoms with van der Waals surface area (Å²) in [6.45, 7) is 4.04. The molecule has 1 amide bonds. The first-order valence-electron chi connectivity index (χ1n) is 10.5. The van der Waals surface area contributed by atoms with E-state index in [0.29, 0.717) is 23.1 Å². The molecule has 0 saturated carbocycles. The second-order valence-corrected chi connectivity index (χ2v) is 8.14. The van der Waals surface area contributed by atoms with E-state index in [1.807, 2.05) is 91.5 Å². The van der Waals surface area contributed by atoms with Gasteiger partial charge in [-0.15, -0.1) is 0 Å². The molecule has 154 valence electrons. The third kappa shape index (κ3) is 3.13.